The van der Waals surface area contributed by atoms with Gasteiger partial charge in [0.2, 0.25) is 0 Å². The maximum atomic E-state index is 9.81. The average molecular weight is 310 g/mol. The number of piperazine rings is 1. The smallest absolute Gasteiger partial charge is 0.119 e. The molecule has 23 heavy (non-hydrogen) atoms. The summed E-state index contributed by atoms with van der Waals surface area (Å²) in [6.07, 6.45) is 1.07. The number of methoxy groups -OCH3 is 1. The number of aliphatic hydroxyl groups excluding tert-OH is 1. The zero-order chi connectivity index (χ0) is 15.8. The van der Waals surface area contributed by atoms with E-state index in [9.17, 15) is 5.11 Å². The minimum atomic E-state index is 0.0233. The van der Waals surface area contributed by atoms with Crippen molar-refractivity contribution >= 4 is 5.69 Å². The van der Waals surface area contributed by atoms with Crippen LogP contribution >= 0.6 is 0 Å². The molecular weight excluding hydrogens is 288 g/mol. The Balaban J connectivity index is 1.77. The molecule has 120 valence electrons. The van der Waals surface area contributed by atoms with Gasteiger partial charge in [0, 0.05) is 30.4 Å². The van der Waals surface area contributed by atoms with Crippen LogP contribution in [0.25, 0.3) is 0 Å². The lowest BCUT2D eigenvalue weighted by Gasteiger charge is -2.41. The number of rotatable bonds is 3. The van der Waals surface area contributed by atoms with Crippen molar-refractivity contribution in [2.24, 2.45) is 0 Å². The Bertz CT molecular complexity index is 716. The lowest BCUT2D eigenvalue weighted by atomic mass is 10.00. The van der Waals surface area contributed by atoms with Crippen LogP contribution in [0.2, 0.25) is 0 Å². The highest BCUT2D eigenvalue weighted by atomic mass is 16.5. The fourth-order valence-electron chi connectivity index (χ4n) is 4.02. The van der Waals surface area contributed by atoms with Crippen LogP contribution in [0, 0.1) is 0 Å². The molecule has 2 N–H and O–H groups in total. The minimum Gasteiger partial charge on any atom is -0.497 e. The van der Waals surface area contributed by atoms with E-state index in [-0.39, 0.29) is 6.61 Å². The molecule has 1 aliphatic carbocycles. The third-order valence-corrected chi connectivity index (χ3v) is 5.06. The molecule has 4 heteroatoms. The molecule has 2 aromatic rings. The standard InChI is InChI=1S/C19H22N2O2/c1-23-15-6-7-18(14(10-15)12-22)21-9-8-20-17-11-13-4-2-3-5-16(13)19(17)21/h2-7,10,17,19-20,22H,8-9,11-12H2,1H3/t17-,19-/m1/s1. The summed E-state index contributed by atoms with van der Waals surface area (Å²) in [6, 6.07) is 15.5. The maximum Gasteiger partial charge on any atom is 0.119 e. The minimum absolute atomic E-state index is 0.0233. The van der Waals surface area contributed by atoms with Gasteiger partial charge < -0.3 is 20.1 Å². The molecule has 0 unspecified atom stereocenters. The highest BCUT2D eigenvalue weighted by Gasteiger charge is 2.39. The first-order valence-corrected chi connectivity index (χ1v) is 8.17. The van der Waals surface area contributed by atoms with Crippen LogP contribution in [-0.4, -0.2) is 31.3 Å². The fourth-order valence-corrected chi connectivity index (χ4v) is 4.02. The first kappa shape index (κ1) is 14.5. The van der Waals surface area contributed by atoms with Crippen molar-refractivity contribution in [2.75, 3.05) is 25.1 Å². The molecule has 4 rings (SSSR count). The number of fused-ring (bicyclic) bond motifs is 3. The van der Waals surface area contributed by atoms with E-state index in [1.165, 1.54) is 11.1 Å². The normalized spacial score (nSPS) is 22.6. The Morgan fingerprint density at radius 2 is 2.13 bits per heavy atom. The number of ether oxygens (including phenoxy) is 1. The van der Waals surface area contributed by atoms with Crippen LogP contribution < -0.4 is 15.0 Å². The van der Waals surface area contributed by atoms with Gasteiger partial charge in [0.25, 0.3) is 0 Å². The summed E-state index contributed by atoms with van der Waals surface area (Å²) in [7, 11) is 1.66. The second-order valence-corrected chi connectivity index (χ2v) is 6.25. The van der Waals surface area contributed by atoms with Gasteiger partial charge in [0.15, 0.2) is 0 Å². The molecule has 0 aromatic heterocycles. The Labute approximate surface area is 136 Å². The van der Waals surface area contributed by atoms with Crippen molar-refractivity contribution < 1.29 is 9.84 Å². The van der Waals surface area contributed by atoms with E-state index in [1.54, 1.807) is 7.11 Å². The van der Waals surface area contributed by atoms with Crippen LogP contribution in [-0.2, 0) is 13.0 Å². The van der Waals surface area contributed by atoms with Crippen molar-refractivity contribution in [3.05, 3.63) is 59.2 Å². The number of hydrogen-bond donors (Lipinski definition) is 2. The van der Waals surface area contributed by atoms with Crippen LogP contribution in [0.1, 0.15) is 22.7 Å². The Morgan fingerprint density at radius 3 is 2.96 bits per heavy atom. The third kappa shape index (κ3) is 2.38. The Hall–Kier alpha value is -2.04. The van der Waals surface area contributed by atoms with Crippen molar-refractivity contribution in [3.63, 3.8) is 0 Å². The lowest BCUT2D eigenvalue weighted by Crippen LogP contribution is -2.51. The SMILES string of the molecule is COc1ccc(N2CCN[C@@H]3Cc4ccccc4[C@H]32)c(CO)c1. The monoisotopic (exact) mass is 310 g/mol. The average Bonchev–Trinajstić information content (AvgIpc) is 2.99. The van der Waals surface area contributed by atoms with Crippen molar-refractivity contribution in [1.82, 2.24) is 5.32 Å². The third-order valence-electron chi connectivity index (χ3n) is 5.06. The summed E-state index contributed by atoms with van der Waals surface area (Å²) in [5.41, 5.74) is 4.88. The van der Waals surface area contributed by atoms with Gasteiger partial charge >= 0.3 is 0 Å². The van der Waals surface area contributed by atoms with E-state index >= 15 is 0 Å². The first-order chi connectivity index (χ1) is 11.3. The Morgan fingerprint density at radius 1 is 1.26 bits per heavy atom. The molecule has 1 heterocycles. The van der Waals surface area contributed by atoms with Crippen LogP contribution in [0.3, 0.4) is 0 Å². The quantitative estimate of drug-likeness (QED) is 0.913. The largest absolute Gasteiger partial charge is 0.497 e. The van der Waals surface area contributed by atoms with Crippen LogP contribution in [0.5, 0.6) is 5.75 Å². The fraction of sp³-hybridized carbons (Fsp3) is 0.368. The van der Waals surface area contributed by atoms with Crippen molar-refractivity contribution in [3.8, 4) is 5.75 Å². The van der Waals surface area contributed by atoms with E-state index in [0.29, 0.717) is 12.1 Å². The number of nitrogens with zero attached hydrogens (tertiary/aromatic N) is 1. The summed E-state index contributed by atoms with van der Waals surface area (Å²) >= 11 is 0. The molecule has 2 aliphatic rings. The van der Waals surface area contributed by atoms with E-state index in [4.69, 9.17) is 4.74 Å². The number of hydrogen-bond acceptors (Lipinski definition) is 4. The molecule has 1 fully saturated rings. The van der Waals surface area contributed by atoms with Gasteiger partial charge in [-0.3, -0.25) is 0 Å². The van der Waals surface area contributed by atoms with Gasteiger partial charge in [-0.2, -0.15) is 0 Å². The molecule has 1 aliphatic heterocycles. The van der Waals surface area contributed by atoms with Gasteiger partial charge in [0.05, 0.1) is 19.8 Å². The Kier molecular flexibility index (Phi) is 3.71. The molecule has 0 saturated carbocycles. The zero-order valence-corrected chi connectivity index (χ0v) is 13.3. The van der Waals surface area contributed by atoms with Crippen molar-refractivity contribution in [1.29, 1.82) is 0 Å². The number of aliphatic hydroxyl groups is 1. The molecule has 0 radical (unpaired) electrons. The summed E-state index contributed by atoms with van der Waals surface area (Å²) in [5.74, 6) is 0.788. The number of anilines is 1. The highest BCUT2D eigenvalue weighted by molar-refractivity contribution is 5.60. The molecule has 1 saturated heterocycles. The summed E-state index contributed by atoms with van der Waals surface area (Å²) in [5, 5.41) is 13.5. The van der Waals surface area contributed by atoms with Gasteiger partial charge in [-0.25, -0.2) is 0 Å². The topological polar surface area (TPSA) is 44.7 Å². The van der Waals surface area contributed by atoms with Crippen LogP contribution in [0.4, 0.5) is 5.69 Å². The van der Waals surface area contributed by atoms with Crippen molar-refractivity contribution in [2.45, 2.75) is 25.1 Å². The molecular formula is C19H22N2O2. The van der Waals surface area contributed by atoms with E-state index < -0.39 is 0 Å². The molecule has 0 amide bonds. The number of nitrogens with one attached hydrogen (secondary N) is 1. The van der Waals surface area contributed by atoms with Gasteiger partial charge in [0.1, 0.15) is 5.75 Å². The predicted molar refractivity (Wildman–Crippen MR) is 90.9 cm³/mol. The second kappa shape index (κ2) is 5.87. The summed E-state index contributed by atoms with van der Waals surface area (Å²) in [6.45, 7) is 1.93. The zero-order valence-electron chi connectivity index (χ0n) is 13.3. The molecule has 2 aromatic carbocycles. The van der Waals surface area contributed by atoms with Gasteiger partial charge in [-0.1, -0.05) is 24.3 Å². The predicted octanol–water partition coefficient (Wildman–Crippen LogP) is 2.26. The lowest BCUT2D eigenvalue weighted by molar-refractivity contribution is 0.280. The molecule has 0 spiro atoms. The first-order valence-electron chi connectivity index (χ1n) is 8.17. The molecule has 4 nitrogen and oxygen atoms in total. The summed E-state index contributed by atoms with van der Waals surface area (Å²) < 4.78 is 5.30. The van der Waals surface area contributed by atoms with E-state index in [0.717, 1.165) is 36.5 Å². The van der Waals surface area contributed by atoms with Gasteiger partial charge in [-0.15, -0.1) is 0 Å². The van der Waals surface area contributed by atoms with E-state index in [1.807, 2.05) is 12.1 Å². The number of benzene rings is 2. The summed E-state index contributed by atoms with van der Waals surface area (Å²) in [4.78, 5) is 2.44. The highest BCUT2D eigenvalue weighted by Crippen LogP contribution is 2.41. The molecule has 0 bridgehead atoms. The second-order valence-electron chi connectivity index (χ2n) is 6.25. The van der Waals surface area contributed by atoms with Gasteiger partial charge in [-0.05, 0) is 35.7 Å². The van der Waals surface area contributed by atoms with Crippen LogP contribution in [0.15, 0.2) is 42.5 Å². The maximum absolute atomic E-state index is 9.81. The molecule has 2 atom stereocenters. The van der Waals surface area contributed by atoms with E-state index in [2.05, 4.69) is 40.5 Å².